The van der Waals surface area contributed by atoms with Crippen molar-refractivity contribution >= 4 is 62.1 Å². The number of rotatable bonds is 3. The molecule has 0 aliphatic carbocycles. The van der Waals surface area contributed by atoms with Crippen LogP contribution in [0.5, 0.6) is 5.75 Å². The highest BCUT2D eigenvalue weighted by Gasteiger charge is 2.35. The highest BCUT2D eigenvalue weighted by atomic mass is 35.5. The monoisotopic (exact) mass is 434 g/mol. The average molecular weight is 436 g/mol. The Balaban J connectivity index is 1.88. The number of sulfonamides is 1. The van der Waals surface area contributed by atoms with E-state index in [0.717, 1.165) is 10.6 Å². The van der Waals surface area contributed by atoms with E-state index >= 15 is 0 Å². The Kier molecular flexibility index (Phi) is 5.25. The van der Waals surface area contributed by atoms with Crippen LogP contribution in [0.3, 0.4) is 0 Å². The van der Waals surface area contributed by atoms with Crippen LogP contribution in [0.15, 0.2) is 36.4 Å². The molecule has 1 aliphatic heterocycles. The molecule has 138 valence electrons. The molecule has 6 nitrogen and oxygen atoms in total. The molecule has 0 radical (unpaired) electrons. The van der Waals surface area contributed by atoms with E-state index < -0.39 is 22.0 Å². The smallest absolute Gasteiger partial charge is 0.267 e. The Morgan fingerprint density at radius 1 is 1.15 bits per heavy atom. The van der Waals surface area contributed by atoms with Crippen LogP contribution in [-0.4, -0.2) is 33.2 Å². The number of halogens is 3. The number of para-hydroxylation sites is 2. The third kappa shape index (κ3) is 3.86. The Morgan fingerprint density at radius 2 is 1.81 bits per heavy atom. The van der Waals surface area contributed by atoms with E-state index in [1.165, 1.54) is 12.1 Å². The van der Waals surface area contributed by atoms with Crippen molar-refractivity contribution in [3.8, 4) is 5.75 Å². The number of carbonyl (C=O) groups excluding carboxylic acids is 1. The van der Waals surface area contributed by atoms with Crippen LogP contribution in [0.4, 0.5) is 11.4 Å². The quantitative estimate of drug-likeness (QED) is 0.744. The van der Waals surface area contributed by atoms with Crippen molar-refractivity contribution in [3.05, 3.63) is 51.5 Å². The van der Waals surface area contributed by atoms with Crippen molar-refractivity contribution in [1.82, 2.24) is 0 Å². The van der Waals surface area contributed by atoms with Crippen LogP contribution < -0.4 is 14.4 Å². The highest BCUT2D eigenvalue weighted by Crippen LogP contribution is 2.36. The molecule has 1 N–H and O–H groups in total. The molecule has 0 fully saturated rings. The van der Waals surface area contributed by atoms with Crippen molar-refractivity contribution in [1.29, 1.82) is 0 Å². The van der Waals surface area contributed by atoms with Gasteiger partial charge in [-0.15, -0.1) is 0 Å². The van der Waals surface area contributed by atoms with E-state index in [1.54, 1.807) is 24.3 Å². The summed E-state index contributed by atoms with van der Waals surface area (Å²) in [6, 6.07) is 9.40. The molecule has 0 saturated heterocycles. The first kappa shape index (κ1) is 19.1. The summed E-state index contributed by atoms with van der Waals surface area (Å²) in [5.41, 5.74) is 0.631. The van der Waals surface area contributed by atoms with Crippen molar-refractivity contribution in [2.75, 3.05) is 22.4 Å². The number of benzene rings is 2. The maximum Gasteiger partial charge on any atom is 0.267 e. The van der Waals surface area contributed by atoms with Crippen molar-refractivity contribution < 1.29 is 17.9 Å². The summed E-state index contributed by atoms with van der Waals surface area (Å²) in [7, 11) is -3.59. The summed E-state index contributed by atoms with van der Waals surface area (Å²) in [4.78, 5) is 12.6. The lowest BCUT2D eigenvalue weighted by atomic mass is 10.2. The van der Waals surface area contributed by atoms with E-state index in [2.05, 4.69) is 5.32 Å². The summed E-state index contributed by atoms with van der Waals surface area (Å²) >= 11 is 17.9. The predicted molar refractivity (Wildman–Crippen MR) is 103 cm³/mol. The van der Waals surface area contributed by atoms with Gasteiger partial charge in [-0.25, -0.2) is 8.42 Å². The molecule has 3 rings (SSSR count). The number of anilines is 2. The van der Waals surface area contributed by atoms with Crippen LogP contribution in [-0.2, 0) is 14.8 Å². The number of fused-ring (bicyclic) bond motifs is 1. The van der Waals surface area contributed by atoms with Gasteiger partial charge in [-0.1, -0.05) is 46.9 Å². The Hall–Kier alpha value is -1.67. The lowest BCUT2D eigenvalue weighted by molar-refractivity contribution is -0.122. The maximum absolute atomic E-state index is 12.6. The number of hydrogen-bond acceptors (Lipinski definition) is 4. The van der Waals surface area contributed by atoms with E-state index in [1.807, 2.05) is 0 Å². The van der Waals surface area contributed by atoms with E-state index in [-0.39, 0.29) is 27.3 Å². The van der Waals surface area contributed by atoms with Crippen LogP contribution in [0, 0.1) is 0 Å². The van der Waals surface area contributed by atoms with E-state index in [4.69, 9.17) is 39.5 Å². The van der Waals surface area contributed by atoms with Crippen molar-refractivity contribution in [2.24, 2.45) is 0 Å². The second-order valence-electron chi connectivity index (χ2n) is 5.60. The van der Waals surface area contributed by atoms with Crippen LogP contribution >= 0.6 is 34.8 Å². The molecule has 1 atom stereocenters. The molecular formula is C16H13Cl3N2O4S. The fourth-order valence-electron chi connectivity index (χ4n) is 2.48. The van der Waals surface area contributed by atoms with Gasteiger partial charge < -0.3 is 10.1 Å². The fourth-order valence-corrected chi connectivity index (χ4v) is 3.99. The van der Waals surface area contributed by atoms with Gasteiger partial charge in [0, 0.05) is 0 Å². The number of amides is 1. The van der Waals surface area contributed by atoms with Gasteiger partial charge in [0.2, 0.25) is 10.0 Å². The predicted octanol–water partition coefficient (Wildman–Crippen LogP) is 3.81. The molecule has 1 aliphatic rings. The van der Waals surface area contributed by atoms with Gasteiger partial charge in [0.25, 0.3) is 5.91 Å². The van der Waals surface area contributed by atoms with Crippen LogP contribution in [0.2, 0.25) is 15.1 Å². The summed E-state index contributed by atoms with van der Waals surface area (Å²) in [5.74, 6) is -0.266. The molecule has 10 heteroatoms. The van der Waals surface area contributed by atoms with E-state index in [0.29, 0.717) is 11.4 Å². The number of hydrogen-bond donors (Lipinski definition) is 1. The fraction of sp³-hybridized carbons (Fsp3) is 0.188. The molecule has 0 aromatic heterocycles. The summed E-state index contributed by atoms with van der Waals surface area (Å²) in [5, 5.41) is 3.26. The van der Waals surface area contributed by atoms with Crippen LogP contribution in [0.1, 0.15) is 0 Å². The third-order valence-electron chi connectivity index (χ3n) is 3.70. The molecule has 1 amide bonds. The molecule has 0 bridgehead atoms. The molecule has 0 saturated carbocycles. The maximum atomic E-state index is 12.6. The lowest BCUT2D eigenvalue weighted by Crippen LogP contribution is -2.48. The number of ether oxygens (including phenoxy) is 1. The number of nitrogens with zero attached hydrogens (tertiary/aromatic N) is 1. The minimum absolute atomic E-state index is 0.166. The normalized spacial score (nSPS) is 16.6. The summed E-state index contributed by atoms with van der Waals surface area (Å²) < 4.78 is 31.0. The first-order valence-corrected chi connectivity index (χ1v) is 10.3. The van der Waals surface area contributed by atoms with Crippen molar-refractivity contribution in [3.63, 3.8) is 0 Å². The molecule has 1 heterocycles. The van der Waals surface area contributed by atoms with Crippen LogP contribution in [0.25, 0.3) is 0 Å². The minimum atomic E-state index is -3.59. The van der Waals surface area contributed by atoms with Gasteiger partial charge in [-0.05, 0) is 24.3 Å². The van der Waals surface area contributed by atoms with Gasteiger partial charge in [-0.2, -0.15) is 0 Å². The number of nitrogens with one attached hydrogen (secondary N) is 1. The summed E-state index contributed by atoms with van der Waals surface area (Å²) in [6.45, 7) is -0.166. The average Bonchev–Trinajstić information content (AvgIpc) is 2.57. The molecular weight excluding hydrogens is 423 g/mol. The SMILES string of the molecule is CS(=O)(=O)N1C[C@H](C(=O)Nc2cc(Cl)c(Cl)cc2Cl)Oc2ccccc21. The van der Waals surface area contributed by atoms with Gasteiger partial charge in [0.05, 0.1) is 39.2 Å². The second-order valence-corrected chi connectivity index (χ2v) is 8.73. The number of carbonyl (C=O) groups is 1. The Morgan fingerprint density at radius 3 is 2.50 bits per heavy atom. The van der Waals surface area contributed by atoms with E-state index in [9.17, 15) is 13.2 Å². The molecule has 0 unspecified atom stereocenters. The zero-order valence-corrected chi connectivity index (χ0v) is 16.5. The van der Waals surface area contributed by atoms with Crippen molar-refractivity contribution in [2.45, 2.75) is 6.10 Å². The second kappa shape index (κ2) is 7.15. The minimum Gasteiger partial charge on any atom is -0.476 e. The zero-order chi connectivity index (χ0) is 19.1. The largest absolute Gasteiger partial charge is 0.476 e. The Labute approximate surface area is 165 Å². The van der Waals surface area contributed by atoms with Gasteiger partial charge in [-0.3, -0.25) is 9.10 Å². The highest BCUT2D eigenvalue weighted by molar-refractivity contribution is 7.92. The standard InChI is InChI=1S/C16H13Cl3N2O4S/c1-26(23,24)21-8-15(25-14-5-3-2-4-13(14)21)16(22)20-12-7-10(18)9(17)6-11(12)19/h2-7,15H,8H2,1H3,(H,20,22)/t15-/m1/s1. The van der Waals surface area contributed by atoms with Gasteiger partial charge in [0.15, 0.2) is 6.10 Å². The third-order valence-corrected chi connectivity index (χ3v) is 5.88. The van der Waals surface area contributed by atoms with Gasteiger partial charge >= 0.3 is 0 Å². The molecule has 0 spiro atoms. The topological polar surface area (TPSA) is 75.7 Å². The summed E-state index contributed by atoms with van der Waals surface area (Å²) in [6.07, 6.45) is 0.00467. The van der Waals surface area contributed by atoms with Gasteiger partial charge in [0.1, 0.15) is 5.75 Å². The molecule has 2 aromatic carbocycles. The lowest BCUT2D eigenvalue weighted by Gasteiger charge is -2.33. The zero-order valence-electron chi connectivity index (χ0n) is 13.4. The first-order chi connectivity index (χ1) is 12.2. The molecule has 26 heavy (non-hydrogen) atoms. The Bertz CT molecular complexity index is 981. The molecule has 2 aromatic rings. The first-order valence-electron chi connectivity index (χ1n) is 7.35.